The Kier molecular flexibility index (Phi) is 6.37. The highest BCUT2D eigenvalue weighted by Crippen LogP contribution is 2.31. The van der Waals surface area contributed by atoms with Gasteiger partial charge in [-0.2, -0.15) is 0 Å². The summed E-state index contributed by atoms with van der Waals surface area (Å²) in [7, 11) is 0. The molecule has 37 heavy (non-hydrogen) atoms. The molecule has 0 saturated carbocycles. The third-order valence-corrected chi connectivity index (χ3v) is 7.07. The first kappa shape index (κ1) is 23.6. The van der Waals surface area contributed by atoms with E-state index in [2.05, 4.69) is 52.1 Å². The minimum Gasteiger partial charge on any atom is -0.381 e. The molecule has 3 heterocycles. The molecule has 0 amide bonds. The summed E-state index contributed by atoms with van der Waals surface area (Å²) in [5.41, 5.74) is 8.81. The molecular weight excluding hydrogens is 482 g/mol. The number of aromatic nitrogens is 3. The van der Waals surface area contributed by atoms with Crippen molar-refractivity contribution in [2.45, 2.75) is 32.7 Å². The lowest BCUT2D eigenvalue weighted by Crippen LogP contribution is -2.23. The standard InChI is InChI=1S/C30H28ClN5O/c1-19-5-10-25-29(16-19)36(23-8-6-21(31)7-9-23)30-18-27(33-22-11-14-37-15-12-22)26(17-28(30)35-25)34-24-4-3-13-32-20(24)2/h3-10,13,16-18,22,34H,11-12,14-15H2,1-2H3/b33-27+. The van der Waals surface area contributed by atoms with Gasteiger partial charge < -0.3 is 14.6 Å². The van der Waals surface area contributed by atoms with E-state index in [1.165, 1.54) is 5.56 Å². The van der Waals surface area contributed by atoms with Crippen molar-refractivity contribution in [1.29, 1.82) is 0 Å². The van der Waals surface area contributed by atoms with Crippen LogP contribution in [0.3, 0.4) is 0 Å². The average Bonchev–Trinajstić information content (AvgIpc) is 2.90. The summed E-state index contributed by atoms with van der Waals surface area (Å²) in [6.07, 6.45) is 3.63. The van der Waals surface area contributed by atoms with Crippen LogP contribution < -0.4 is 10.7 Å². The molecule has 2 aliphatic heterocycles. The zero-order chi connectivity index (χ0) is 25.4. The molecule has 1 aliphatic carbocycles. The maximum atomic E-state index is 6.24. The Labute approximate surface area is 221 Å². The summed E-state index contributed by atoms with van der Waals surface area (Å²) in [5, 5.41) is 5.20. The van der Waals surface area contributed by atoms with Gasteiger partial charge in [0.25, 0.3) is 0 Å². The van der Waals surface area contributed by atoms with E-state index in [0.29, 0.717) is 5.02 Å². The minimum absolute atomic E-state index is 0.210. The predicted molar refractivity (Wildman–Crippen MR) is 149 cm³/mol. The predicted octanol–water partition coefficient (Wildman–Crippen LogP) is 6.62. The lowest BCUT2D eigenvalue weighted by Gasteiger charge is -2.22. The van der Waals surface area contributed by atoms with Gasteiger partial charge in [0.2, 0.25) is 0 Å². The van der Waals surface area contributed by atoms with Crippen molar-refractivity contribution >= 4 is 34.0 Å². The van der Waals surface area contributed by atoms with Crippen LogP contribution in [-0.4, -0.2) is 33.8 Å². The van der Waals surface area contributed by atoms with Crippen molar-refractivity contribution in [3.05, 3.63) is 94.6 Å². The van der Waals surface area contributed by atoms with Crippen LogP contribution in [0.2, 0.25) is 5.02 Å². The molecule has 0 bridgehead atoms. The summed E-state index contributed by atoms with van der Waals surface area (Å²) < 4.78 is 7.84. The number of nitrogens with one attached hydrogen (secondary N) is 1. The Morgan fingerprint density at radius 3 is 2.57 bits per heavy atom. The summed E-state index contributed by atoms with van der Waals surface area (Å²) in [5.74, 6) is 0. The van der Waals surface area contributed by atoms with Crippen LogP contribution in [0.1, 0.15) is 24.1 Å². The van der Waals surface area contributed by atoms with E-state index < -0.39 is 0 Å². The summed E-state index contributed by atoms with van der Waals surface area (Å²) >= 11 is 6.24. The molecule has 1 fully saturated rings. The number of hydrogen-bond donors (Lipinski definition) is 1. The third kappa shape index (κ3) is 4.82. The van der Waals surface area contributed by atoms with Gasteiger partial charge in [-0.15, -0.1) is 0 Å². The largest absolute Gasteiger partial charge is 0.381 e. The number of fused-ring (bicyclic) bond motifs is 2. The number of nitrogens with zero attached hydrogens (tertiary/aromatic N) is 4. The molecular formula is C30H28ClN5O. The molecule has 6 rings (SSSR count). The van der Waals surface area contributed by atoms with Gasteiger partial charge in [0.15, 0.2) is 0 Å². The number of benzene rings is 3. The zero-order valence-electron chi connectivity index (χ0n) is 20.9. The Morgan fingerprint density at radius 2 is 1.78 bits per heavy atom. The highest BCUT2D eigenvalue weighted by Gasteiger charge is 2.19. The number of ether oxygens (including phenoxy) is 1. The van der Waals surface area contributed by atoms with Crippen LogP contribution in [0.4, 0.5) is 11.4 Å². The van der Waals surface area contributed by atoms with Crippen molar-refractivity contribution < 1.29 is 4.74 Å². The second-order valence-electron chi connectivity index (χ2n) is 9.51. The minimum atomic E-state index is 0.210. The Balaban J connectivity index is 1.64. The molecule has 1 aromatic heterocycles. The summed E-state index contributed by atoms with van der Waals surface area (Å²) in [4.78, 5) is 14.7. The number of anilines is 2. The van der Waals surface area contributed by atoms with Gasteiger partial charge in [0, 0.05) is 30.1 Å². The number of rotatable bonds is 4. The van der Waals surface area contributed by atoms with E-state index in [9.17, 15) is 0 Å². The van der Waals surface area contributed by atoms with E-state index in [4.69, 9.17) is 26.3 Å². The molecule has 0 radical (unpaired) electrons. The van der Waals surface area contributed by atoms with Gasteiger partial charge in [0.1, 0.15) is 0 Å². The van der Waals surface area contributed by atoms with Crippen LogP contribution in [0.5, 0.6) is 0 Å². The third-order valence-electron chi connectivity index (χ3n) is 6.82. The van der Waals surface area contributed by atoms with Gasteiger partial charge in [-0.25, -0.2) is 4.98 Å². The Morgan fingerprint density at radius 1 is 0.973 bits per heavy atom. The van der Waals surface area contributed by atoms with E-state index in [1.54, 1.807) is 6.20 Å². The van der Waals surface area contributed by atoms with Crippen molar-refractivity contribution in [2.75, 3.05) is 18.5 Å². The summed E-state index contributed by atoms with van der Waals surface area (Å²) in [6, 6.07) is 22.7. The first-order valence-electron chi connectivity index (χ1n) is 12.6. The van der Waals surface area contributed by atoms with Crippen LogP contribution in [0.15, 0.2) is 77.9 Å². The molecule has 3 aliphatic rings. The average molecular weight is 510 g/mol. The van der Waals surface area contributed by atoms with Gasteiger partial charge >= 0.3 is 0 Å². The molecule has 0 atom stereocenters. The van der Waals surface area contributed by atoms with E-state index in [-0.39, 0.29) is 6.04 Å². The first-order valence-corrected chi connectivity index (χ1v) is 13.0. The quantitative estimate of drug-likeness (QED) is 0.276. The van der Waals surface area contributed by atoms with Crippen molar-refractivity contribution in [3.8, 4) is 17.1 Å². The lowest BCUT2D eigenvalue weighted by atomic mass is 10.1. The smallest absolute Gasteiger partial charge is 0.0900 e. The number of halogens is 1. The topological polar surface area (TPSA) is 64.3 Å². The number of pyridine rings is 1. The molecule has 6 nitrogen and oxygen atoms in total. The molecule has 0 spiro atoms. The van der Waals surface area contributed by atoms with E-state index in [0.717, 1.165) is 76.6 Å². The highest BCUT2D eigenvalue weighted by molar-refractivity contribution is 6.30. The maximum absolute atomic E-state index is 6.24. The first-order chi connectivity index (χ1) is 18.0. The zero-order valence-corrected chi connectivity index (χ0v) is 21.7. The SMILES string of the molecule is Cc1ccc2nc3cc(Nc4cccnc4C)/c(=N/C4CCOCC4)cc-3n(-c3ccc(Cl)cc3)c2c1. The van der Waals surface area contributed by atoms with Crippen molar-refractivity contribution in [2.24, 2.45) is 4.99 Å². The van der Waals surface area contributed by atoms with E-state index in [1.807, 2.05) is 43.3 Å². The van der Waals surface area contributed by atoms with Gasteiger partial charge in [0.05, 0.1) is 50.9 Å². The number of aryl methyl sites for hydroxylation is 2. The fourth-order valence-electron chi connectivity index (χ4n) is 4.85. The van der Waals surface area contributed by atoms with Gasteiger partial charge in [-0.3, -0.25) is 9.98 Å². The van der Waals surface area contributed by atoms with Crippen molar-refractivity contribution in [3.63, 3.8) is 0 Å². The van der Waals surface area contributed by atoms with Crippen molar-refractivity contribution in [1.82, 2.24) is 14.5 Å². The van der Waals surface area contributed by atoms with Crippen LogP contribution >= 0.6 is 11.6 Å². The molecule has 1 saturated heterocycles. The fourth-order valence-corrected chi connectivity index (χ4v) is 4.97. The van der Waals surface area contributed by atoms with Gasteiger partial charge in [-0.05, 0) is 92.9 Å². The second-order valence-corrected chi connectivity index (χ2v) is 9.94. The molecule has 7 heteroatoms. The monoisotopic (exact) mass is 509 g/mol. The number of hydrogen-bond acceptors (Lipinski definition) is 5. The Bertz CT molecular complexity index is 1620. The molecule has 1 N–H and O–H groups in total. The highest BCUT2D eigenvalue weighted by atomic mass is 35.5. The Hall–Kier alpha value is -3.74. The molecule has 2 aromatic carbocycles. The van der Waals surface area contributed by atoms with Crippen LogP contribution in [0, 0.1) is 13.8 Å². The lowest BCUT2D eigenvalue weighted by molar-refractivity contribution is 0.0864. The summed E-state index contributed by atoms with van der Waals surface area (Å²) in [6.45, 7) is 5.58. The molecule has 3 aromatic rings. The second kappa shape index (κ2) is 9.96. The van der Waals surface area contributed by atoms with E-state index >= 15 is 0 Å². The molecule has 0 unspecified atom stereocenters. The van der Waals surface area contributed by atoms with Gasteiger partial charge in [-0.1, -0.05) is 17.7 Å². The normalized spacial score (nSPS) is 14.9. The maximum Gasteiger partial charge on any atom is 0.0900 e. The molecule has 186 valence electrons. The fraction of sp³-hybridized carbons (Fsp3) is 0.233. The van der Waals surface area contributed by atoms with Crippen LogP contribution in [0.25, 0.3) is 28.1 Å². The van der Waals surface area contributed by atoms with Crippen LogP contribution in [-0.2, 0) is 4.74 Å².